The van der Waals surface area contributed by atoms with Gasteiger partial charge in [-0.1, -0.05) is 47.5 Å². The highest BCUT2D eigenvalue weighted by atomic mass is 35.5. The van der Waals surface area contributed by atoms with Gasteiger partial charge in [0.25, 0.3) is 0 Å². The van der Waals surface area contributed by atoms with E-state index in [2.05, 4.69) is 15.5 Å². The van der Waals surface area contributed by atoms with Crippen molar-refractivity contribution >= 4 is 46.4 Å². The molecule has 0 fully saturated rings. The summed E-state index contributed by atoms with van der Waals surface area (Å²) in [4.78, 5) is 4.54. The minimum atomic E-state index is 0.346. The van der Waals surface area contributed by atoms with Gasteiger partial charge in [0.2, 0.25) is 5.95 Å². The van der Waals surface area contributed by atoms with E-state index in [4.69, 9.17) is 32.7 Å². The summed E-state index contributed by atoms with van der Waals surface area (Å²) in [7, 11) is 1.93. The minimum Gasteiger partial charge on any atom is -0.490 e. The molecule has 1 heterocycles. The zero-order chi connectivity index (χ0) is 22.5. The quantitative estimate of drug-likeness (QED) is 0.243. The molecule has 4 aromatic rings. The molecule has 6 nitrogen and oxygen atoms in total. The fourth-order valence-corrected chi connectivity index (χ4v) is 3.61. The van der Waals surface area contributed by atoms with E-state index in [9.17, 15) is 0 Å². The number of imidazole rings is 1. The summed E-state index contributed by atoms with van der Waals surface area (Å²) in [5, 5.41) is 5.43. The number of aromatic nitrogens is 2. The van der Waals surface area contributed by atoms with Crippen molar-refractivity contribution in [3.05, 3.63) is 81.8 Å². The molecule has 3 aromatic carbocycles. The van der Waals surface area contributed by atoms with Crippen LogP contribution in [0.4, 0.5) is 5.95 Å². The average molecular weight is 469 g/mol. The van der Waals surface area contributed by atoms with E-state index in [1.165, 1.54) is 0 Å². The topological polar surface area (TPSA) is 60.7 Å². The van der Waals surface area contributed by atoms with E-state index >= 15 is 0 Å². The third-order valence-corrected chi connectivity index (χ3v) is 5.33. The molecular weight excluding hydrogens is 447 g/mol. The molecule has 0 amide bonds. The van der Waals surface area contributed by atoms with E-state index in [0.29, 0.717) is 40.7 Å². The maximum atomic E-state index is 6.51. The Morgan fingerprint density at radius 3 is 2.59 bits per heavy atom. The molecule has 1 N–H and O–H groups in total. The average Bonchev–Trinajstić information content (AvgIpc) is 3.10. The van der Waals surface area contributed by atoms with Gasteiger partial charge in [-0.3, -0.25) is 0 Å². The van der Waals surface area contributed by atoms with Crippen LogP contribution in [0.1, 0.15) is 18.1 Å². The monoisotopic (exact) mass is 468 g/mol. The Labute approximate surface area is 196 Å². The van der Waals surface area contributed by atoms with Gasteiger partial charge in [-0.15, -0.1) is 0 Å². The van der Waals surface area contributed by atoms with Gasteiger partial charge < -0.3 is 14.0 Å². The van der Waals surface area contributed by atoms with Crippen LogP contribution >= 0.6 is 23.2 Å². The zero-order valence-electron chi connectivity index (χ0n) is 17.7. The largest absolute Gasteiger partial charge is 0.490 e. The lowest BCUT2D eigenvalue weighted by Crippen LogP contribution is -2.02. The summed E-state index contributed by atoms with van der Waals surface area (Å²) >= 11 is 12.5. The lowest BCUT2D eigenvalue weighted by molar-refractivity contribution is 0.269. The number of benzene rings is 3. The maximum absolute atomic E-state index is 6.51. The lowest BCUT2D eigenvalue weighted by Gasteiger charge is -2.14. The first kappa shape index (κ1) is 22.0. The fraction of sp³-hybridized carbons (Fsp3) is 0.167. The standard InChI is InChI=1S/C24H22Cl2N4O2/c1-3-31-22-13-17(12-19(26)23(22)32-15-16-8-10-18(25)11-9-16)14-27-29-24-28-20-6-4-5-7-21(20)30(24)2/h4-14H,3,15H2,1-2H3,(H,28,29)/b27-14-. The van der Waals surface area contributed by atoms with Gasteiger partial charge in [0.05, 0.1) is 28.9 Å². The van der Waals surface area contributed by atoms with Gasteiger partial charge in [0.1, 0.15) is 6.61 Å². The smallest absolute Gasteiger partial charge is 0.224 e. The van der Waals surface area contributed by atoms with Gasteiger partial charge in [0.15, 0.2) is 11.5 Å². The maximum Gasteiger partial charge on any atom is 0.224 e. The molecular formula is C24H22Cl2N4O2. The highest BCUT2D eigenvalue weighted by Crippen LogP contribution is 2.37. The molecule has 1 aromatic heterocycles. The van der Waals surface area contributed by atoms with Crippen molar-refractivity contribution in [3.8, 4) is 11.5 Å². The number of hydrazone groups is 1. The van der Waals surface area contributed by atoms with Gasteiger partial charge in [-0.25, -0.2) is 10.4 Å². The van der Waals surface area contributed by atoms with Crippen molar-refractivity contribution in [3.63, 3.8) is 0 Å². The van der Waals surface area contributed by atoms with Gasteiger partial charge in [0, 0.05) is 12.1 Å². The van der Waals surface area contributed by atoms with Crippen molar-refractivity contribution in [1.29, 1.82) is 0 Å². The van der Waals surface area contributed by atoms with Crippen molar-refractivity contribution in [1.82, 2.24) is 9.55 Å². The van der Waals surface area contributed by atoms with Gasteiger partial charge >= 0.3 is 0 Å². The Bertz CT molecular complexity index is 1250. The van der Waals surface area contributed by atoms with Gasteiger partial charge in [-0.2, -0.15) is 5.10 Å². The second-order valence-corrected chi connectivity index (χ2v) is 7.87. The van der Waals surface area contributed by atoms with Crippen molar-refractivity contribution in [2.24, 2.45) is 12.1 Å². The van der Waals surface area contributed by atoms with Crippen LogP contribution in [0.15, 0.2) is 65.8 Å². The fourth-order valence-electron chi connectivity index (χ4n) is 3.21. The highest BCUT2D eigenvalue weighted by Gasteiger charge is 2.13. The molecule has 0 saturated heterocycles. The Balaban J connectivity index is 1.51. The first-order chi connectivity index (χ1) is 15.5. The SMILES string of the molecule is CCOc1cc(/C=N\Nc2nc3ccccc3n2C)cc(Cl)c1OCc1ccc(Cl)cc1. The van der Waals surface area contributed by atoms with Crippen molar-refractivity contribution < 1.29 is 9.47 Å². The Morgan fingerprint density at radius 2 is 1.84 bits per heavy atom. The highest BCUT2D eigenvalue weighted by molar-refractivity contribution is 6.32. The van der Waals surface area contributed by atoms with E-state index in [1.807, 2.05) is 73.1 Å². The second kappa shape index (κ2) is 9.94. The molecule has 0 spiro atoms. The van der Waals surface area contributed by atoms with Gasteiger partial charge in [-0.05, 0) is 54.4 Å². The second-order valence-electron chi connectivity index (χ2n) is 7.03. The Hall–Kier alpha value is -3.22. The zero-order valence-corrected chi connectivity index (χ0v) is 19.2. The molecule has 0 aliphatic rings. The van der Waals surface area contributed by atoms with E-state index in [1.54, 1.807) is 12.3 Å². The van der Waals surface area contributed by atoms with Crippen molar-refractivity contribution in [2.45, 2.75) is 13.5 Å². The summed E-state index contributed by atoms with van der Waals surface area (Å²) in [6, 6.07) is 19.0. The molecule has 0 unspecified atom stereocenters. The number of nitrogens with zero attached hydrogens (tertiary/aromatic N) is 3. The summed E-state index contributed by atoms with van der Waals surface area (Å²) in [6.45, 7) is 2.73. The van der Waals surface area contributed by atoms with Crippen LogP contribution in [0.3, 0.4) is 0 Å². The molecule has 0 atom stereocenters. The van der Waals surface area contributed by atoms with Crippen LogP contribution in [0.2, 0.25) is 10.0 Å². The number of rotatable bonds is 8. The summed E-state index contributed by atoms with van der Waals surface area (Å²) in [6.07, 6.45) is 1.66. The molecule has 0 aliphatic heterocycles. The first-order valence-electron chi connectivity index (χ1n) is 10.1. The number of hydrogen-bond donors (Lipinski definition) is 1. The number of fused-ring (bicyclic) bond motifs is 1. The summed E-state index contributed by atoms with van der Waals surface area (Å²) in [5.74, 6) is 1.68. The first-order valence-corrected chi connectivity index (χ1v) is 10.8. The molecule has 8 heteroatoms. The van der Waals surface area contributed by atoms with Crippen molar-refractivity contribution in [2.75, 3.05) is 12.0 Å². The van der Waals surface area contributed by atoms with Crippen LogP contribution in [-0.2, 0) is 13.7 Å². The number of ether oxygens (including phenoxy) is 2. The third kappa shape index (κ3) is 4.98. The molecule has 0 aliphatic carbocycles. The number of anilines is 1. The molecule has 32 heavy (non-hydrogen) atoms. The van der Waals surface area contributed by atoms with Crippen LogP contribution in [0.5, 0.6) is 11.5 Å². The van der Waals surface area contributed by atoms with Crippen LogP contribution in [0, 0.1) is 0 Å². The minimum absolute atomic E-state index is 0.346. The normalized spacial score (nSPS) is 11.2. The van der Waals surface area contributed by atoms with Crippen LogP contribution in [0.25, 0.3) is 11.0 Å². The summed E-state index contributed by atoms with van der Waals surface area (Å²) in [5.41, 5.74) is 6.65. The van der Waals surface area contributed by atoms with E-state index in [0.717, 1.165) is 22.2 Å². The molecule has 0 radical (unpaired) electrons. The Kier molecular flexibility index (Phi) is 6.83. The molecule has 0 bridgehead atoms. The number of aryl methyl sites for hydroxylation is 1. The number of hydrogen-bond acceptors (Lipinski definition) is 5. The molecule has 4 rings (SSSR count). The number of para-hydroxylation sites is 2. The number of halogens is 2. The van der Waals surface area contributed by atoms with Crippen LogP contribution in [-0.4, -0.2) is 22.4 Å². The molecule has 164 valence electrons. The Morgan fingerprint density at radius 1 is 1.06 bits per heavy atom. The van der Waals surface area contributed by atoms with E-state index in [-0.39, 0.29) is 0 Å². The molecule has 0 saturated carbocycles. The lowest BCUT2D eigenvalue weighted by atomic mass is 10.2. The third-order valence-electron chi connectivity index (χ3n) is 4.79. The van der Waals surface area contributed by atoms with Crippen LogP contribution < -0.4 is 14.9 Å². The number of nitrogens with one attached hydrogen (secondary N) is 1. The predicted octanol–water partition coefficient (Wildman–Crippen LogP) is 6.30. The van der Waals surface area contributed by atoms with E-state index < -0.39 is 0 Å². The summed E-state index contributed by atoms with van der Waals surface area (Å²) < 4.78 is 13.7. The predicted molar refractivity (Wildman–Crippen MR) is 130 cm³/mol.